The van der Waals surface area contributed by atoms with E-state index in [0.717, 1.165) is 25.7 Å². The Hall–Kier alpha value is -3.06. The van der Waals surface area contributed by atoms with Gasteiger partial charge in [0.2, 0.25) is 11.8 Å². The Bertz CT molecular complexity index is 1070. The van der Waals surface area contributed by atoms with E-state index in [0.29, 0.717) is 40.0 Å². The Morgan fingerprint density at radius 2 is 1.85 bits per heavy atom. The van der Waals surface area contributed by atoms with Gasteiger partial charge in [0.1, 0.15) is 11.8 Å². The van der Waals surface area contributed by atoms with E-state index in [1.54, 1.807) is 47.4 Å². The number of carbonyl (C=O) groups is 3. The maximum absolute atomic E-state index is 13.5. The van der Waals surface area contributed by atoms with E-state index < -0.39 is 6.04 Å². The molecule has 33 heavy (non-hydrogen) atoms. The van der Waals surface area contributed by atoms with Crippen LogP contribution in [0.1, 0.15) is 49.4 Å². The van der Waals surface area contributed by atoms with Crippen molar-refractivity contribution in [3.05, 3.63) is 53.1 Å². The van der Waals surface area contributed by atoms with E-state index in [1.165, 1.54) is 14.0 Å². The van der Waals surface area contributed by atoms with E-state index in [2.05, 4.69) is 10.6 Å². The molecule has 4 rings (SSSR count). The minimum Gasteiger partial charge on any atom is -0.494 e. The summed E-state index contributed by atoms with van der Waals surface area (Å²) in [4.78, 5) is 40.1. The first-order valence-corrected chi connectivity index (χ1v) is 11.6. The van der Waals surface area contributed by atoms with Gasteiger partial charge in [-0.25, -0.2) is 0 Å². The fourth-order valence-electron chi connectivity index (χ4n) is 5.04. The third-order valence-electron chi connectivity index (χ3n) is 6.48. The van der Waals surface area contributed by atoms with Gasteiger partial charge in [0.25, 0.3) is 5.91 Å². The molecule has 0 bridgehead atoms. The van der Waals surface area contributed by atoms with Crippen LogP contribution < -0.4 is 15.4 Å². The van der Waals surface area contributed by atoms with Crippen molar-refractivity contribution in [2.24, 2.45) is 5.92 Å². The third kappa shape index (κ3) is 4.98. The fraction of sp³-hybridized carbons (Fsp3) is 0.400. The molecule has 1 aliphatic carbocycles. The number of amides is 3. The van der Waals surface area contributed by atoms with Crippen LogP contribution in [0.25, 0.3) is 0 Å². The molecular formula is C25H28ClN3O4. The summed E-state index contributed by atoms with van der Waals surface area (Å²) in [6.07, 6.45) is 4.74. The number of fused-ring (bicyclic) bond motifs is 1. The van der Waals surface area contributed by atoms with Crippen LogP contribution >= 0.6 is 11.6 Å². The molecule has 174 valence electrons. The highest BCUT2D eigenvalue weighted by atomic mass is 35.5. The summed E-state index contributed by atoms with van der Waals surface area (Å²) in [7, 11) is 1.50. The Morgan fingerprint density at radius 3 is 2.58 bits per heavy atom. The maximum Gasteiger partial charge on any atom is 0.254 e. The number of methoxy groups -OCH3 is 1. The first kappa shape index (κ1) is 23.1. The predicted octanol–water partition coefficient (Wildman–Crippen LogP) is 4.72. The lowest BCUT2D eigenvalue weighted by molar-refractivity contribution is -0.120. The van der Waals surface area contributed by atoms with Crippen LogP contribution in [0.4, 0.5) is 11.4 Å². The van der Waals surface area contributed by atoms with Crippen molar-refractivity contribution in [3.63, 3.8) is 0 Å². The molecule has 7 nitrogen and oxygen atoms in total. The van der Waals surface area contributed by atoms with Crippen molar-refractivity contribution in [2.45, 2.75) is 51.1 Å². The second-order valence-electron chi connectivity index (χ2n) is 8.67. The molecule has 2 aliphatic rings. The minimum absolute atomic E-state index is 0.0534. The van der Waals surface area contributed by atoms with Crippen molar-refractivity contribution < 1.29 is 19.1 Å². The summed E-state index contributed by atoms with van der Waals surface area (Å²) in [6.45, 7) is 1.42. The second kappa shape index (κ2) is 9.83. The molecule has 2 aromatic rings. The average Bonchev–Trinajstić information content (AvgIpc) is 3.19. The topological polar surface area (TPSA) is 87.7 Å². The average molecular weight is 470 g/mol. The van der Waals surface area contributed by atoms with Crippen molar-refractivity contribution in [2.75, 3.05) is 17.7 Å². The molecule has 2 fully saturated rings. The largest absolute Gasteiger partial charge is 0.494 e. The molecule has 0 radical (unpaired) electrons. The fourth-order valence-corrected chi connectivity index (χ4v) is 5.23. The highest BCUT2D eigenvalue weighted by molar-refractivity contribution is 6.31. The van der Waals surface area contributed by atoms with E-state index in [9.17, 15) is 14.4 Å². The molecule has 0 spiro atoms. The SMILES string of the molecule is COc1cc(NC(=O)C2CC3CCCCC3N2C(=O)c2cccc(Cl)c2)ccc1NC(C)=O. The number of anilines is 2. The third-order valence-corrected chi connectivity index (χ3v) is 6.71. The number of ether oxygens (including phenoxy) is 1. The molecule has 1 saturated heterocycles. The summed E-state index contributed by atoms with van der Waals surface area (Å²) in [5.74, 6) is 0.151. The molecule has 3 unspecified atom stereocenters. The Kier molecular flexibility index (Phi) is 6.88. The highest BCUT2D eigenvalue weighted by Crippen LogP contribution is 2.41. The van der Waals surface area contributed by atoms with Gasteiger partial charge in [0.05, 0.1) is 12.8 Å². The number of rotatable bonds is 5. The summed E-state index contributed by atoms with van der Waals surface area (Å²) >= 11 is 6.12. The standard InChI is InChI=1S/C25H28ClN3O4/c1-15(30)27-20-11-10-19(14-23(20)33-2)28-24(31)22-13-16-6-3-4-9-21(16)29(22)25(32)17-7-5-8-18(26)12-17/h5,7-8,10-12,14,16,21-22H,3-4,6,9,13H2,1-2H3,(H,27,30)(H,28,31). The van der Waals surface area contributed by atoms with E-state index in [-0.39, 0.29) is 23.8 Å². The zero-order valence-electron chi connectivity index (χ0n) is 18.8. The van der Waals surface area contributed by atoms with E-state index in [4.69, 9.17) is 16.3 Å². The van der Waals surface area contributed by atoms with Crippen molar-refractivity contribution in [3.8, 4) is 5.75 Å². The van der Waals surface area contributed by atoms with Gasteiger partial charge >= 0.3 is 0 Å². The van der Waals surface area contributed by atoms with Gasteiger partial charge in [0.15, 0.2) is 0 Å². The minimum atomic E-state index is -0.564. The zero-order chi connectivity index (χ0) is 23.5. The number of hydrogen-bond acceptors (Lipinski definition) is 4. The Balaban J connectivity index is 1.58. The normalized spacial score (nSPS) is 21.8. The van der Waals surface area contributed by atoms with Crippen LogP contribution in [0.3, 0.4) is 0 Å². The van der Waals surface area contributed by atoms with Crippen LogP contribution in [0, 0.1) is 5.92 Å². The van der Waals surface area contributed by atoms with Crippen molar-refractivity contribution in [1.82, 2.24) is 4.90 Å². The smallest absolute Gasteiger partial charge is 0.254 e. The molecule has 3 amide bonds. The Labute approximate surface area is 198 Å². The first-order valence-electron chi connectivity index (χ1n) is 11.2. The second-order valence-corrected chi connectivity index (χ2v) is 9.11. The molecule has 8 heteroatoms. The summed E-state index contributed by atoms with van der Waals surface area (Å²) < 4.78 is 5.36. The van der Waals surface area contributed by atoms with Crippen LogP contribution in [-0.2, 0) is 9.59 Å². The van der Waals surface area contributed by atoms with Gasteiger partial charge < -0.3 is 20.3 Å². The highest BCUT2D eigenvalue weighted by Gasteiger charge is 2.47. The van der Waals surface area contributed by atoms with Crippen molar-refractivity contribution >= 4 is 40.7 Å². The zero-order valence-corrected chi connectivity index (χ0v) is 19.5. The number of carbonyl (C=O) groups excluding carboxylic acids is 3. The molecule has 1 heterocycles. The lowest BCUT2D eigenvalue weighted by atomic mass is 9.84. The van der Waals surface area contributed by atoms with Gasteiger partial charge in [0, 0.05) is 35.3 Å². The number of nitrogens with zero attached hydrogens (tertiary/aromatic N) is 1. The van der Waals surface area contributed by atoms with E-state index in [1.807, 2.05) is 0 Å². The van der Waals surface area contributed by atoms with Crippen LogP contribution in [0.5, 0.6) is 5.75 Å². The maximum atomic E-state index is 13.5. The molecule has 3 atom stereocenters. The predicted molar refractivity (Wildman–Crippen MR) is 128 cm³/mol. The number of halogens is 1. The van der Waals surface area contributed by atoms with Gasteiger partial charge in [-0.2, -0.15) is 0 Å². The van der Waals surface area contributed by atoms with Crippen LogP contribution in [0.2, 0.25) is 5.02 Å². The molecule has 1 saturated carbocycles. The number of nitrogens with one attached hydrogen (secondary N) is 2. The number of benzene rings is 2. The quantitative estimate of drug-likeness (QED) is 0.663. The number of hydrogen-bond donors (Lipinski definition) is 2. The van der Waals surface area contributed by atoms with Crippen LogP contribution in [-0.4, -0.2) is 41.8 Å². The van der Waals surface area contributed by atoms with Crippen molar-refractivity contribution in [1.29, 1.82) is 0 Å². The summed E-state index contributed by atoms with van der Waals surface area (Å²) in [6, 6.07) is 11.4. The first-order chi connectivity index (χ1) is 15.9. The molecule has 1 aliphatic heterocycles. The lowest BCUT2D eigenvalue weighted by Gasteiger charge is -2.33. The summed E-state index contributed by atoms with van der Waals surface area (Å²) in [5.41, 5.74) is 1.55. The van der Waals surface area contributed by atoms with Gasteiger partial charge in [-0.15, -0.1) is 0 Å². The molecule has 2 aromatic carbocycles. The van der Waals surface area contributed by atoms with Gasteiger partial charge in [-0.05, 0) is 55.5 Å². The molecule has 0 aromatic heterocycles. The van der Waals surface area contributed by atoms with Gasteiger partial charge in [-0.3, -0.25) is 14.4 Å². The summed E-state index contributed by atoms with van der Waals surface area (Å²) in [5, 5.41) is 6.14. The van der Waals surface area contributed by atoms with Gasteiger partial charge in [-0.1, -0.05) is 30.5 Å². The Morgan fingerprint density at radius 1 is 1.06 bits per heavy atom. The van der Waals surface area contributed by atoms with E-state index >= 15 is 0 Å². The van der Waals surface area contributed by atoms with Crippen LogP contribution in [0.15, 0.2) is 42.5 Å². The molecular weight excluding hydrogens is 442 g/mol. The lowest BCUT2D eigenvalue weighted by Crippen LogP contribution is -2.47. The monoisotopic (exact) mass is 469 g/mol. The molecule has 2 N–H and O–H groups in total. The number of likely N-dealkylation sites (tertiary alicyclic amines) is 1.